The molecule has 1 fully saturated rings. The third-order valence-electron chi connectivity index (χ3n) is 5.47. The van der Waals surface area contributed by atoms with E-state index in [0.717, 1.165) is 35.7 Å². The van der Waals surface area contributed by atoms with Crippen LogP contribution in [0.15, 0.2) is 47.4 Å². The molecule has 2 aromatic rings. The Bertz CT molecular complexity index is 999. The fourth-order valence-electron chi connectivity index (χ4n) is 3.44. The second kappa shape index (κ2) is 9.49. The third kappa shape index (κ3) is 5.31. The van der Waals surface area contributed by atoms with Crippen molar-refractivity contribution in [3.05, 3.63) is 53.6 Å². The minimum Gasteiger partial charge on any atom is -0.497 e. The van der Waals surface area contributed by atoms with Gasteiger partial charge in [0, 0.05) is 50.9 Å². The van der Waals surface area contributed by atoms with E-state index in [1.807, 2.05) is 38.1 Å². The number of hydrogen-bond acceptors (Lipinski definition) is 5. The molecule has 1 saturated heterocycles. The van der Waals surface area contributed by atoms with Gasteiger partial charge >= 0.3 is 0 Å². The average molecular weight is 432 g/mol. The number of piperazine rings is 1. The number of carbonyl (C=O) groups is 1. The molecule has 3 rings (SSSR count). The fourth-order valence-corrected chi connectivity index (χ4v) is 4.55. The number of hydrogen-bond donors (Lipinski definition) is 1. The van der Waals surface area contributed by atoms with E-state index in [2.05, 4.69) is 9.62 Å². The average Bonchev–Trinajstić information content (AvgIpc) is 2.75. The molecular weight excluding hydrogens is 402 g/mol. The van der Waals surface area contributed by atoms with Gasteiger partial charge in [-0.15, -0.1) is 0 Å². The molecule has 1 amide bonds. The van der Waals surface area contributed by atoms with Gasteiger partial charge in [-0.25, -0.2) is 13.1 Å². The molecule has 8 heteroatoms. The Balaban J connectivity index is 1.48. The van der Waals surface area contributed by atoms with Gasteiger partial charge in [0.1, 0.15) is 5.75 Å². The van der Waals surface area contributed by atoms with E-state index < -0.39 is 10.0 Å². The number of methoxy groups -OCH3 is 1. The van der Waals surface area contributed by atoms with E-state index in [1.165, 1.54) is 0 Å². The van der Waals surface area contributed by atoms with Crippen LogP contribution in [0, 0.1) is 13.8 Å². The summed E-state index contributed by atoms with van der Waals surface area (Å²) in [7, 11) is -1.98. The van der Waals surface area contributed by atoms with Gasteiger partial charge in [0.2, 0.25) is 15.9 Å². The first-order valence-corrected chi connectivity index (χ1v) is 11.5. The monoisotopic (exact) mass is 431 g/mol. The highest BCUT2D eigenvalue weighted by Gasteiger charge is 2.22. The SMILES string of the molecule is COc1cccc(N2CCN(C(=O)CCNS(=O)(=O)c3ccc(C)c(C)c3)CC2)c1. The molecule has 0 radical (unpaired) electrons. The van der Waals surface area contributed by atoms with Gasteiger partial charge in [-0.2, -0.15) is 0 Å². The highest BCUT2D eigenvalue weighted by atomic mass is 32.2. The topological polar surface area (TPSA) is 79.0 Å². The van der Waals surface area contributed by atoms with Crippen LogP contribution < -0.4 is 14.4 Å². The first-order chi connectivity index (χ1) is 14.3. The summed E-state index contributed by atoms with van der Waals surface area (Å²) in [6.45, 7) is 6.58. The highest BCUT2D eigenvalue weighted by Crippen LogP contribution is 2.22. The molecule has 7 nitrogen and oxygen atoms in total. The predicted molar refractivity (Wildman–Crippen MR) is 118 cm³/mol. The first-order valence-electron chi connectivity index (χ1n) is 10.0. The first kappa shape index (κ1) is 22.1. The molecule has 30 heavy (non-hydrogen) atoms. The van der Waals surface area contributed by atoms with Crippen molar-refractivity contribution in [3.8, 4) is 5.75 Å². The van der Waals surface area contributed by atoms with Gasteiger partial charge < -0.3 is 14.5 Å². The van der Waals surface area contributed by atoms with Gasteiger partial charge in [0.15, 0.2) is 0 Å². The van der Waals surface area contributed by atoms with E-state index in [1.54, 1.807) is 30.2 Å². The molecule has 1 N–H and O–H groups in total. The number of amides is 1. The zero-order valence-electron chi connectivity index (χ0n) is 17.7. The second-order valence-corrected chi connectivity index (χ2v) is 9.23. The summed E-state index contributed by atoms with van der Waals surface area (Å²) in [4.78, 5) is 16.8. The van der Waals surface area contributed by atoms with Crippen LogP contribution in [-0.2, 0) is 14.8 Å². The number of ether oxygens (including phenoxy) is 1. The summed E-state index contributed by atoms with van der Waals surface area (Å²) < 4.78 is 32.7. The maximum absolute atomic E-state index is 12.5. The normalized spacial score (nSPS) is 14.6. The fraction of sp³-hybridized carbons (Fsp3) is 0.409. The molecule has 162 valence electrons. The highest BCUT2D eigenvalue weighted by molar-refractivity contribution is 7.89. The standard InChI is InChI=1S/C22H29N3O4S/c1-17-7-8-21(15-18(17)2)30(27,28)23-10-9-22(26)25-13-11-24(12-14-25)19-5-4-6-20(16-19)29-3/h4-8,15-16,23H,9-14H2,1-3H3. The molecule has 0 saturated carbocycles. The van der Waals surface area contributed by atoms with E-state index in [9.17, 15) is 13.2 Å². The summed E-state index contributed by atoms with van der Waals surface area (Å²) in [5.41, 5.74) is 3.03. The lowest BCUT2D eigenvalue weighted by Crippen LogP contribution is -2.49. The third-order valence-corrected chi connectivity index (χ3v) is 6.93. The predicted octanol–water partition coefficient (Wildman–Crippen LogP) is 2.33. The molecule has 0 aliphatic carbocycles. The lowest BCUT2D eigenvalue weighted by atomic mass is 10.1. The number of aryl methyl sites for hydroxylation is 2. The minimum atomic E-state index is -3.62. The quantitative estimate of drug-likeness (QED) is 0.728. The van der Waals surface area contributed by atoms with Crippen molar-refractivity contribution in [3.63, 3.8) is 0 Å². The molecule has 1 aliphatic rings. The molecule has 1 heterocycles. The Kier molecular flexibility index (Phi) is 6.99. The van der Waals surface area contributed by atoms with Gasteiger partial charge in [0.25, 0.3) is 0 Å². The van der Waals surface area contributed by atoms with Crippen molar-refractivity contribution in [2.24, 2.45) is 0 Å². The van der Waals surface area contributed by atoms with E-state index in [4.69, 9.17) is 4.74 Å². The number of nitrogens with one attached hydrogen (secondary N) is 1. The van der Waals surface area contributed by atoms with Crippen molar-refractivity contribution >= 4 is 21.6 Å². The Morgan fingerprint density at radius 1 is 1.03 bits per heavy atom. The van der Waals surface area contributed by atoms with E-state index in [-0.39, 0.29) is 23.8 Å². The van der Waals surface area contributed by atoms with Gasteiger partial charge in [0.05, 0.1) is 12.0 Å². The zero-order chi connectivity index (χ0) is 21.7. The molecule has 0 bridgehead atoms. The van der Waals surface area contributed by atoms with Crippen LogP contribution in [0.5, 0.6) is 5.75 Å². The number of nitrogens with zero attached hydrogens (tertiary/aromatic N) is 2. The van der Waals surface area contributed by atoms with Gasteiger partial charge in [-0.05, 0) is 49.2 Å². The van der Waals surface area contributed by atoms with Crippen LogP contribution in [0.1, 0.15) is 17.5 Å². The molecule has 2 aromatic carbocycles. The molecule has 0 spiro atoms. The smallest absolute Gasteiger partial charge is 0.240 e. The number of benzene rings is 2. The lowest BCUT2D eigenvalue weighted by Gasteiger charge is -2.36. The molecule has 0 aromatic heterocycles. The van der Waals surface area contributed by atoms with Crippen LogP contribution in [0.4, 0.5) is 5.69 Å². The largest absolute Gasteiger partial charge is 0.497 e. The number of carbonyl (C=O) groups excluding carboxylic acids is 1. The van der Waals surface area contributed by atoms with Crippen LogP contribution in [0.25, 0.3) is 0 Å². The minimum absolute atomic E-state index is 0.0388. The maximum atomic E-state index is 12.5. The summed E-state index contributed by atoms with van der Waals surface area (Å²) in [5.74, 6) is 0.769. The summed E-state index contributed by atoms with van der Waals surface area (Å²) in [6, 6.07) is 12.9. The van der Waals surface area contributed by atoms with Crippen molar-refractivity contribution in [1.29, 1.82) is 0 Å². The number of rotatable bonds is 7. The Hall–Kier alpha value is -2.58. The van der Waals surface area contributed by atoms with E-state index >= 15 is 0 Å². The second-order valence-electron chi connectivity index (χ2n) is 7.46. The van der Waals surface area contributed by atoms with Gasteiger partial charge in [-0.1, -0.05) is 12.1 Å². The van der Waals surface area contributed by atoms with Crippen LogP contribution in [0.2, 0.25) is 0 Å². The Labute approximate surface area is 178 Å². The number of sulfonamides is 1. The molecular formula is C22H29N3O4S. The molecule has 0 atom stereocenters. The number of anilines is 1. The van der Waals surface area contributed by atoms with Crippen molar-refractivity contribution < 1.29 is 17.9 Å². The van der Waals surface area contributed by atoms with Gasteiger partial charge in [-0.3, -0.25) is 4.79 Å². The summed E-state index contributed by atoms with van der Waals surface area (Å²) in [5, 5.41) is 0. The Morgan fingerprint density at radius 3 is 2.43 bits per heavy atom. The van der Waals surface area contributed by atoms with Crippen molar-refractivity contribution in [2.45, 2.75) is 25.2 Å². The van der Waals surface area contributed by atoms with Crippen LogP contribution >= 0.6 is 0 Å². The molecule has 0 unspecified atom stereocenters. The molecule has 1 aliphatic heterocycles. The van der Waals surface area contributed by atoms with Crippen LogP contribution in [0.3, 0.4) is 0 Å². The summed E-state index contributed by atoms with van der Waals surface area (Å²) >= 11 is 0. The maximum Gasteiger partial charge on any atom is 0.240 e. The Morgan fingerprint density at radius 2 is 1.77 bits per heavy atom. The zero-order valence-corrected chi connectivity index (χ0v) is 18.5. The summed E-state index contributed by atoms with van der Waals surface area (Å²) in [6.07, 6.45) is 0.142. The van der Waals surface area contributed by atoms with Crippen LogP contribution in [-0.4, -0.2) is 59.1 Å². The van der Waals surface area contributed by atoms with Crippen molar-refractivity contribution in [2.75, 3.05) is 44.7 Å². The lowest BCUT2D eigenvalue weighted by molar-refractivity contribution is -0.131. The van der Waals surface area contributed by atoms with E-state index in [0.29, 0.717) is 13.1 Å². The van der Waals surface area contributed by atoms with Crippen molar-refractivity contribution in [1.82, 2.24) is 9.62 Å².